The lowest BCUT2D eigenvalue weighted by Crippen LogP contribution is -2.30. The van der Waals surface area contributed by atoms with E-state index < -0.39 is 41.4 Å². The molecule has 0 saturated carbocycles. The summed E-state index contributed by atoms with van der Waals surface area (Å²) in [6.07, 6.45) is -9.49. The maximum Gasteiger partial charge on any atom is 0.416 e. The molecule has 2 aromatic rings. The normalized spacial score (nSPS) is 14.4. The Morgan fingerprint density at radius 3 is 1.97 bits per heavy atom. The number of rotatable bonds is 7. The highest BCUT2D eigenvalue weighted by Crippen LogP contribution is 2.36. The van der Waals surface area contributed by atoms with Gasteiger partial charge in [-0.05, 0) is 48.2 Å². The molecule has 2 nitrogen and oxygen atoms in total. The van der Waals surface area contributed by atoms with Gasteiger partial charge in [0.15, 0.2) is 5.78 Å². The van der Waals surface area contributed by atoms with Gasteiger partial charge in [0.2, 0.25) is 0 Å². The average Bonchev–Trinajstić information content (AvgIpc) is 2.64. The molecule has 1 N–H and O–H groups in total. The van der Waals surface area contributed by atoms with Gasteiger partial charge in [-0.3, -0.25) is 10.1 Å². The summed E-state index contributed by atoms with van der Waals surface area (Å²) in [4.78, 5) is 11.9. The third-order valence-corrected chi connectivity index (χ3v) is 5.34. The molecule has 164 valence electrons. The molecule has 0 spiro atoms. The zero-order chi connectivity index (χ0) is 22.7. The number of ketones is 1. The van der Waals surface area contributed by atoms with Crippen molar-refractivity contribution in [2.45, 2.75) is 36.6 Å². The summed E-state index contributed by atoms with van der Waals surface area (Å²) in [7, 11) is 0. The molecule has 0 bridgehead atoms. The van der Waals surface area contributed by atoms with E-state index in [-0.39, 0.29) is 16.9 Å². The van der Waals surface area contributed by atoms with Crippen LogP contribution < -0.4 is 5.32 Å². The van der Waals surface area contributed by atoms with Gasteiger partial charge in [0.25, 0.3) is 0 Å². The van der Waals surface area contributed by atoms with E-state index in [1.807, 2.05) is 19.1 Å². The molecule has 0 amide bonds. The van der Waals surface area contributed by atoms with Crippen molar-refractivity contribution in [3.8, 4) is 0 Å². The van der Waals surface area contributed by atoms with Gasteiger partial charge in [0.05, 0.1) is 22.6 Å². The Balaban J connectivity index is 2.07. The summed E-state index contributed by atoms with van der Waals surface area (Å²) < 4.78 is 77.6. The summed E-state index contributed by atoms with van der Waals surface area (Å²) in [5, 5.41) is 3.38. The molecule has 2 atom stereocenters. The Hall–Kier alpha value is -1.58. The molecule has 0 radical (unpaired) electrons. The highest BCUT2D eigenvalue weighted by atomic mass is 79.9. The van der Waals surface area contributed by atoms with Crippen molar-refractivity contribution in [2.24, 2.45) is 0 Å². The summed E-state index contributed by atoms with van der Waals surface area (Å²) in [6, 6.07) is 8.01. The summed E-state index contributed by atoms with van der Waals surface area (Å²) in [5.41, 5.74) is -2.71. The summed E-state index contributed by atoms with van der Waals surface area (Å²) >= 11 is 9.18. The second-order valence-electron chi connectivity index (χ2n) is 6.75. The van der Waals surface area contributed by atoms with Crippen LogP contribution in [0.15, 0.2) is 42.5 Å². The number of Topliss-reactive ketones (excluding diaryl/α,β-unsaturated/α-hetero) is 1. The first-order valence-corrected chi connectivity index (χ1v) is 10.0. The smallest absolute Gasteiger partial charge is 0.298 e. The van der Waals surface area contributed by atoms with Gasteiger partial charge in [0, 0.05) is 10.6 Å². The van der Waals surface area contributed by atoms with Crippen LogP contribution in [0.1, 0.15) is 46.3 Å². The molecule has 30 heavy (non-hydrogen) atoms. The molecule has 2 aromatic carbocycles. The van der Waals surface area contributed by atoms with Crippen LogP contribution in [0.5, 0.6) is 0 Å². The van der Waals surface area contributed by atoms with E-state index in [1.54, 1.807) is 12.1 Å². The lowest BCUT2D eigenvalue weighted by molar-refractivity contribution is -0.143. The molecule has 0 fully saturated rings. The zero-order valence-corrected chi connectivity index (χ0v) is 17.9. The van der Waals surface area contributed by atoms with E-state index in [2.05, 4.69) is 21.2 Å². The lowest BCUT2D eigenvalue weighted by Gasteiger charge is -2.18. The van der Waals surface area contributed by atoms with Crippen molar-refractivity contribution >= 4 is 33.3 Å². The van der Waals surface area contributed by atoms with E-state index in [0.29, 0.717) is 23.6 Å². The highest BCUT2D eigenvalue weighted by Gasteiger charge is 2.37. The number of alkyl halides is 7. The molecule has 0 aliphatic rings. The van der Waals surface area contributed by atoms with Crippen LogP contribution in [-0.2, 0) is 12.4 Å². The maximum atomic E-state index is 12.9. The Bertz CT molecular complexity index is 850. The number of hydrogen-bond donors (Lipinski definition) is 1. The highest BCUT2D eigenvalue weighted by molar-refractivity contribution is 9.09. The SMILES string of the molecule is CC(C[C@H](Br)NCC(=O)c1cc(C(F)(F)F)cc(C(F)(F)F)c1)c1ccc(Cl)cc1. The van der Waals surface area contributed by atoms with Crippen LogP contribution in [0.3, 0.4) is 0 Å². The van der Waals surface area contributed by atoms with Crippen LogP contribution in [0.4, 0.5) is 26.3 Å². The first-order chi connectivity index (χ1) is 13.8. The van der Waals surface area contributed by atoms with E-state index in [1.165, 1.54) is 0 Å². The van der Waals surface area contributed by atoms with Crippen LogP contribution in [-0.4, -0.2) is 17.3 Å². The third-order valence-electron chi connectivity index (χ3n) is 4.39. The molecule has 0 saturated heterocycles. The first-order valence-electron chi connectivity index (χ1n) is 8.73. The largest absolute Gasteiger partial charge is 0.416 e. The number of halogens is 8. The van der Waals surface area contributed by atoms with Crippen molar-refractivity contribution in [3.05, 3.63) is 69.7 Å². The van der Waals surface area contributed by atoms with Gasteiger partial charge in [-0.25, -0.2) is 0 Å². The first kappa shape index (κ1) is 24.7. The second-order valence-corrected chi connectivity index (χ2v) is 8.30. The third kappa shape index (κ3) is 6.99. The maximum absolute atomic E-state index is 12.9. The Morgan fingerprint density at radius 2 is 1.50 bits per heavy atom. The van der Waals surface area contributed by atoms with E-state index >= 15 is 0 Å². The van der Waals surface area contributed by atoms with Crippen LogP contribution >= 0.6 is 27.5 Å². The fraction of sp³-hybridized carbons (Fsp3) is 0.350. The summed E-state index contributed by atoms with van der Waals surface area (Å²) in [6.45, 7) is 1.51. The quantitative estimate of drug-likeness (QED) is 0.185. The van der Waals surface area contributed by atoms with Crippen LogP contribution in [0.2, 0.25) is 5.02 Å². The monoisotopic (exact) mass is 515 g/mol. The molecule has 0 aliphatic heterocycles. The van der Waals surface area contributed by atoms with Gasteiger partial charge < -0.3 is 0 Å². The number of hydrogen-bond acceptors (Lipinski definition) is 2. The van der Waals surface area contributed by atoms with Crippen molar-refractivity contribution in [3.63, 3.8) is 0 Å². The number of carbonyl (C=O) groups excluding carboxylic acids is 1. The topological polar surface area (TPSA) is 29.1 Å². The Kier molecular flexibility index (Phi) is 7.98. The van der Waals surface area contributed by atoms with E-state index in [9.17, 15) is 31.1 Å². The van der Waals surface area contributed by atoms with Gasteiger partial charge in [-0.2, -0.15) is 26.3 Å². The number of carbonyl (C=O) groups is 1. The fourth-order valence-electron chi connectivity index (χ4n) is 2.74. The molecule has 0 heterocycles. The molecule has 10 heteroatoms. The second kappa shape index (κ2) is 9.70. The predicted octanol–water partition coefficient (Wildman–Crippen LogP) is 7.06. The minimum atomic E-state index is -5.00. The molecular weight excluding hydrogens is 500 g/mol. The summed E-state index contributed by atoms with van der Waals surface area (Å²) in [5.74, 6) is -0.824. The van der Waals surface area contributed by atoms with Crippen molar-refractivity contribution < 1.29 is 31.1 Å². The van der Waals surface area contributed by atoms with Crippen molar-refractivity contribution in [1.82, 2.24) is 5.32 Å². The predicted molar refractivity (Wildman–Crippen MR) is 106 cm³/mol. The average molecular weight is 517 g/mol. The molecular formula is C20H17BrClF6NO. The van der Waals surface area contributed by atoms with Gasteiger partial charge in [-0.15, -0.1) is 0 Å². The Labute approximate surface area is 182 Å². The van der Waals surface area contributed by atoms with E-state index in [4.69, 9.17) is 11.6 Å². The lowest BCUT2D eigenvalue weighted by atomic mass is 9.98. The van der Waals surface area contributed by atoms with Crippen LogP contribution in [0.25, 0.3) is 0 Å². The molecule has 1 unspecified atom stereocenters. The fourth-order valence-corrected chi connectivity index (χ4v) is 3.59. The van der Waals surface area contributed by atoms with Gasteiger partial charge in [-0.1, -0.05) is 46.6 Å². The molecule has 2 rings (SSSR count). The zero-order valence-electron chi connectivity index (χ0n) is 15.5. The minimum Gasteiger partial charge on any atom is -0.298 e. The number of nitrogens with one attached hydrogen (secondary N) is 1. The molecule has 0 aromatic heterocycles. The Morgan fingerprint density at radius 1 is 1.00 bits per heavy atom. The van der Waals surface area contributed by atoms with Gasteiger partial charge in [0.1, 0.15) is 0 Å². The van der Waals surface area contributed by atoms with Crippen molar-refractivity contribution in [2.75, 3.05) is 6.54 Å². The van der Waals surface area contributed by atoms with Crippen LogP contribution in [0, 0.1) is 0 Å². The number of benzene rings is 2. The minimum absolute atomic E-state index is 0.00863. The van der Waals surface area contributed by atoms with Gasteiger partial charge >= 0.3 is 12.4 Å². The van der Waals surface area contributed by atoms with Crippen molar-refractivity contribution in [1.29, 1.82) is 0 Å². The van der Waals surface area contributed by atoms with E-state index in [0.717, 1.165) is 5.56 Å². The molecule has 0 aliphatic carbocycles. The standard InChI is InChI=1S/C20H17BrClF6NO/c1-11(12-2-4-16(22)5-3-12)6-18(21)29-10-17(30)13-7-14(19(23,24)25)9-15(8-13)20(26,27)28/h2-5,7-9,11,18,29H,6,10H2,1H3/t11?,18-/m1/s1.